The lowest BCUT2D eigenvalue weighted by atomic mass is 10.1. The Morgan fingerprint density at radius 3 is 2.30 bits per heavy atom. The molecule has 33 heavy (non-hydrogen) atoms. The summed E-state index contributed by atoms with van der Waals surface area (Å²) in [6.45, 7) is 3.16. The van der Waals surface area contributed by atoms with Crippen molar-refractivity contribution in [2.24, 2.45) is 5.10 Å². The van der Waals surface area contributed by atoms with E-state index in [1.54, 1.807) is 24.1 Å². The van der Waals surface area contributed by atoms with Crippen LogP contribution in [0.5, 0.6) is 0 Å². The van der Waals surface area contributed by atoms with Crippen molar-refractivity contribution in [3.63, 3.8) is 0 Å². The molecular weight excluding hydrogens is 463 g/mol. The Morgan fingerprint density at radius 2 is 1.67 bits per heavy atom. The average molecular weight is 487 g/mol. The average Bonchev–Trinajstić information content (AvgIpc) is 3.15. The lowest BCUT2D eigenvalue weighted by molar-refractivity contribution is -0.139. The molecule has 8 nitrogen and oxygen atoms in total. The number of fused-ring (bicyclic) bond motifs is 3. The fourth-order valence-electron chi connectivity index (χ4n) is 4.76. The summed E-state index contributed by atoms with van der Waals surface area (Å²) >= 11 is 12.3. The second-order valence-electron chi connectivity index (χ2n) is 8.61. The van der Waals surface area contributed by atoms with Crippen molar-refractivity contribution in [1.82, 2.24) is 25.0 Å². The zero-order valence-corrected chi connectivity index (χ0v) is 19.8. The normalized spacial score (nSPS) is 25.3. The number of rotatable bonds is 4. The Bertz CT molecular complexity index is 1140. The molecule has 2 saturated heterocycles. The zero-order chi connectivity index (χ0) is 23.3. The van der Waals surface area contributed by atoms with E-state index in [4.69, 9.17) is 28.3 Å². The van der Waals surface area contributed by atoms with Crippen LogP contribution >= 0.6 is 23.2 Å². The van der Waals surface area contributed by atoms with Crippen molar-refractivity contribution < 1.29 is 9.59 Å². The third-order valence-corrected chi connectivity index (χ3v) is 6.69. The van der Waals surface area contributed by atoms with Crippen LogP contribution in [0.4, 0.5) is 4.79 Å². The minimum Gasteiger partial charge on any atom is -0.310 e. The highest BCUT2D eigenvalue weighted by molar-refractivity contribution is 6.30. The van der Waals surface area contributed by atoms with Crippen LogP contribution in [0.2, 0.25) is 10.0 Å². The monoisotopic (exact) mass is 486 g/mol. The number of hydrogen-bond donors (Lipinski definition) is 1. The summed E-state index contributed by atoms with van der Waals surface area (Å²) in [6.07, 6.45) is -0.776. The lowest BCUT2D eigenvalue weighted by Gasteiger charge is -2.42. The molecule has 3 heterocycles. The second-order valence-corrected chi connectivity index (χ2v) is 9.49. The van der Waals surface area contributed by atoms with Gasteiger partial charge >= 0.3 is 6.03 Å². The van der Waals surface area contributed by atoms with Crippen molar-refractivity contribution >= 4 is 40.9 Å². The van der Waals surface area contributed by atoms with E-state index in [0.29, 0.717) is 23.1 Å². The van der Waals surface area contributed by atoms with Crippen molar-refractivity contribution in [3.8, 4) is 0 Å². The Kier molecular flexibility index (Phi) is 5.78. The summed E-state index contributed by atoms with van der Waals surface area (Å²) in [7, 11) is 1.72. The number of benzene rings is 2. The Morgan fingerprint density at radius 1 is 1.03 bits per heavy atom. The summed E-state index contributed by atoms with van der Waals surface area (Å²) < 4.78 is 0. The van der Waals surface area contributed by atoms with Gasteiger partial charge in [-0.05, 0) is 42.3 Å². The maximum Gasteiger partial charge on any atom is 0.328 e. The first-order valence-corrected chi connectivity index (χ1v) is 11.5. The molecule has 3 unspecified atom stereocenters. The summed E-state index contributed by atoms with van der Waals surface area (Å²) in [4.78, 5) is 31.7. The van der Waals surface area contributed by atoms with Gasteiger partial charge in [-0.3, -0.25) is 20.0 Å². The van der Waals surface area contributed by atoms with Gasteiger partial charge in [-0.1, -0.05) is 47.5 Å². The van der Waals surface area contributed by atoms with Gasteiger partial charge in [0.1, 0.15) is 12.2 Å². The van der Waals surface area contributed by atoms with Crippen molar-refractivity contribution in [1.29, 1.82) is 0 Å². The highest BCUT2D eigenvalue weighted by atomic mass is 35.5. The molecule has 3 aliphatic rings. The molecule has 3 amide bonds. The number of halogens is 2. The van der Waals surface area contributed by atoms with Gasteiger partial charge in [0.25, 0.3) is 5.91 Å². The number of amides is 3. The van der Waals surface area contributed by atoms with E-state index < -0.39 is 12.2 Å². The molecule has 0 spiro atoms. The first kappa shape index (κ1) is 22.2. The lowest BCUT2D eigenvalue weighted by Crippen LogP contribution is -2.66. The number of urea groups is 1. The summed E-state index contributed by atoms with van der Waals surface area (Å²) in [6, 6.07) is 14.0. The fourth-order valence-corrected chi connectivity index (χ4v) is 5.18. The van der Waals surface area contributed by atoms with Gasteiger partial charge in [-0.25, -0.2) is 9.69 Å². The van der Waals surface area contributed by atoms with Crippen LogP contribution in [0.3, 0.4) is 0 Å². The predicted octanol–water partition coefficient (Wildman–Crippen LogP) is 3.16. The number of likely N-dealkylation sites (N-methyl/N-ethyl adjacent to an activating group) is 1. The maximum absolute atomic E-state index is 13.6. The summed E-state index contributed by atoms with van der Waals surface area (Å²) in [5.41, 5.74) is 2.71. The Hall–Kier alpha value is -2.65. The molecule has 0 radical (unpaired) electrons. The van der Waals surface area contributed by atoms with Gasteiger partial charge in [-0.2, -0.15) is 5.10 Å². The molecule has 0 saturated carbocycles. The zero-order valence-electron chi connectivity index (χ0n) is 18.3. The van der Waals surface area contributed by atoms with E-state index in [9.17, 15) is 9.59 Å². The first-order valence-electron chi connectivity index (χ1n) is 10.7. The molecular formula is C23H24Cl2N6O2. The van der Waals surface area contributed by atoms with E-state index in [1.165, 1.54) is 4.90 Å². The van der Waals surface area contributed by atoms with Crippen LogP contribution in [-0.4, -0.2) is 69.4 Å². The topological polar surface area (TPSA) is 71.5 Å². The van der Waals surface area contributed by atoms with Gasteiger partial charge in [0.15, 0.2) is 6.29 Å². The molecule has 3 aliphatic heterocycles. The van der Waals surface area contributed by atoms with E-state index in [2.05, 4.69) is 10.2 Å². The van der Waals surface area contributed by atoms with Crippen molar-refractivity contribution in [3.05, 3.63) is 69.7 Å². The minimum absolute atomic E-state index is 0.170. The van der Waals surface area contributed by atoms with Gasteiger partial charge in [-0.15, -0.1) is 0 Å². The number of carbonyl (C=O) groups excluding carboxylic acids is 2. The largest absolute Gasteiger partial charge is 0.328 e. The summed E-state index contributed by atoms with van der Waals surface area (Å²) in [5, 5.41) is 11.3. The van der Waals surface area contributed by atoms with Crippen LogP contribution in [-0.2, 0) is 17.9 Å². The Balaban J connectivity index is 1.42. The van der Waals surface area contributed by atoms with Crippen LogP contribution in [0, 0.1) is 0 Å². The molecule has 10 heteroatoms. The number of nitrogens with zero attached hydrogens (tertiary/aromatic N) is 5. The van der Waals surface area contributed by atoms with Crippen LogP contribution in [0.15, 0.2) is 53.6 Å². The van der Waals surface area contributed by atoms with Gasteiger partial charge < -0.3 is 4.90 Å². The highest BCUT2D eigenvalue weighted by Crippen LogP contribution is 2.32. The van der Waals surface area contributed by atoms with Crippen molar-refractivity contribution in [2.45, 2.75) is 38.5 Å². The molecule has 3 atom stereocenters. The standard InChI is InChI=1S/C23H24Cl2N6O2/c1-14-11-29-19-20(26-22(29)31(27-14)13-16-6-4-8-18(25)10-16)28(2)23(33)30(21(19)32)12-15-5-3-7-17(24)9-15/h3-10,19-20,22,26H,11-13H2,1-2H3. The van der Waals surface area contributed by atoms with E-state index in [-0.39, 0.29) is 24.8 Å². The fraction of sp³-hybridized carbons (Fsp3) is 0.348. The highest BCUT2D eigenvalue weighted by Gasteiger charge is 2.56. The minimum atomic E-state index is -0.524. The maximum atomic E-state index is 13.6. The molecule has 5 rings (SSSR count). The van der Waals surface area contributed by atoms with E-state index in [1.807, 2.05) is 48.3 Å². The van der Waals surface area contributed by atoms with Crippen LogP contribution in [0.25, 0.3) is 0 Å². The van der Waals surface area contributed by atoms with Crippen LogP contribution in [0.1, 0.15) is 18.1 Å². The molecule has 172 valence electrons. The predicted molar refractivity (Wildman–Crippen MR) is 126 cm³/mol. The number of imide groups is 1. The molecule has 0 aliphatic carbocycles. The third kappa shape index (κ3) is 4.08. The number of hydrazone groups is 1. The summed E-state index contributed by atoms with van der Waals surface area (Å²) in [5.74, 6) is -0.226. The Labute approximate surface area is 202 Å². The third-order valence-electron chi connectivity index (χ3n) is 6.22. The molecule has 2 aromatic carbocycles. The van der Waals surface area contributed by atoms with Gasteiger partial charge in [0, 0.05) is 29.3 Å². The molecule has 1 N–H and O–H groups in total. The quantitative estimate of drug-likeness (QED) is 0.718. The number of nitrogens with one attached hydrogen (secondary N) is 1. The SMILES string of the molecule is CC1=NN(Cc2cccc(Cl)c2)C2NC3C(C(=O)N(Cc4cccc(Cl)c4)C(=O)N3C)N2C1. The van der Waals surface area contributed by atoms with Gasteiger partial charge in [0.05, 0.1) is 13.1 Å². The second kappa shape index (κ2) is 8.61. The van der Waals surface area contributed by atoms with Crippen molar-refractivity contribution in [2.75, 3.05) is 13.6 Å². The molecule has 2 fully saturated rings. The molecule has 0 aromatic heterocycles. The molecule has 0 bridgehead atoms. The molecule has 2 aromatic rings. The van der Waals surface area contributed by atoms with E-state index >= 15 is 0 Å². The van der Waals surface area contributed by atoms with Gasteiger partial charge in [0.2, 0.25) is 0 Å². The first-order chi connectivity index (χ1) is 15.8. The van der Waals surface area contributed by atoms with Crippen LogP contribution < -0.4 is 5.32 Å². The number of carbonyl (C=O) groups is 2. The number of hydrogen-bond acceptors (Lipinski definition) is 6. The van der Waals surface area contributed by atoms with E-state index in [0.717, 1.165) is 16.8 Å². The smallest absolute Gasteiger partial charge is 0.310 e.